The number of benzene rings is 8. The first-order chi connectivity index (χ1) is 58.4. The third-order valence-corrected chi connectivity index (χ3v) is 28.4. The molecule has 0 atom stereocenters. The summed E-state index contributed by atoms with van der Waals surface area (Å²) in [5, 5.41) is 0. The molecule has 0 spiro atoms. The molecule has 4 heterocycles. The standard InChI is InChI=1S/C30H45O4P.C29H43O4P.2C25H35O4P.2Li.2Na/c1-18-19-14-25(23(29(8,9)10)16-21(19)27(2,3)4)33-35(31,32)34-26-15-20(18)22(28(5,6)7)17-24(26)30(11,12)13;1-26(2,3)20-16-22(28(7,8)9)24-14-18(20)13-19-15-25(33-34(30,31)32-24)23(29(10,11)12)17-21(19)27(4,5)6;2*1-14(2)20-12-22(16(5)6)24-10-18(20)9-19-11-25(29-30(26,27)28-24)23(17(7)8)13-21(19)15(3)4;;;;/h14-18H,1-13H3,(H,31,32);14-17H,13H2,1-12H3,(H,30,31);2*10-17H,9H2,1-8H3,(H,26,27);;;;/q;;;;4*+1/p-4. The van der Waals surface area contributed by atoms with Crippen LogP contribution in [0.4, 0.5) is 0 Å². The van der Waals surface area contributed by atoms with Crippen LogP contribution in [0.5, 0.6) is 46.0 Å². The van der Waals surface area contributed by atoms with Gasteiger partial charge in [-0.05, 0) is 270 Å². The van der Waals surface area contributed by atoms with Crippen molar-refractivity contribution in [2.45, 2.75) is 400 Å². The summed E-state index contributed by atoms with van der Waals surface area (Å²) >= 11 is 0. The first kappa shape index (κ1) is 120. The molecule has 16 bridgehead atoms. The van der Waals surface area contributed by atoms with Crippen LogP contribution in [0.15, 0.2) is 97.1 Å². The zero-order valence-electron chi connectivity index (χ0n) is 89.9. The maximum atomic E-state index is 13.3. The molecule has 8 aromatic carbocycles. The minimum Gasteiger partial charge on any atom is -0.736 e. The van der Waals surface area contributed by atoms with Crippen LogP contribution >= 0.6 is 31.3 Å². The average molecular weight is 1900 g/mol. The summed E-state index contributed by atoms with van der Waals surface area (Å²) in [5.74, 6) is 4.75. The average Bonchev–Trinajstić information content (AvgIpc) is 0.728. The van der Waals surface area contributed by atoms with E-state index in [0.29, 0.717) is 88.9 Å². The van der Waals surface area contributed by atoms with Crippen LogP contribution in [0.2, 0.25) is 0 Å². The fourth-order valence-electron chi connectivity index (χ4n) is 18.1. The van der Waals surface area contributed by atoms with E-state index in [-0.39, 0.29) is 170 Å². The SMILES string of the molecule is CC(C)(C)c1cc(C(C)(C)C)c2cc1Cc1cc(c(C(C)(C)C)cc1C(C)(C)C)OP(=O)([O-])O2.CC(C)c1cc(C(C)C)c2cc1Cc1cc(c(C(C)C)cc1C(C)C)OP(=O)([O-])O2.CC(C)c1cc(C(C)C)c2cc1Cc1cc(c(C(C)C)cc1C(C)C)OP(=O)([O-])O2.CC1c2cc(c(C(C)(C)C)cc2C(C)(C)C)OP(=O)([O-])Oc2cc1c(C(C)(C)C)cc2C(C)(C)C.[Li+].[Li+].[Na+].[Na+]. The molecular formula is C109H154Li2Na2O16P4. The Balaban J connectivity index is 0.000000311. The fraction of sp³-hybridized carbons (Fsp3) is 0.560. The molecular weight excluding hydrogens is 1750 g/mol. The third kappa shape index (κ3) is 29.2. The Bertz CT molecular complexity index is 5240. The maximum Gasteiger partial charge on any atom is 1.00 e. The van der Waals surface area contributed by atoms with E-state index in [1.54, 1.807) is 0 Å². The molecule has 133 heavy (non-hydrogen) atoms. The quantitative estimate of drug-likeness (QED) is 0.102. The van der Waals surface area contributed by atoms with Crippen LogP contribution in [0, 0.1) is 0 Å². The summed E-state index contributed by atoms with van der Waals surface area (Å²) in [6.07, 6.45) is 2.10. The molecule has 0 fully saturated rings. The second-order valence-corrected chi connectivity index (χ2v) is 52.3. The van der Waals surface area contributed by atoms with E-state index in [9.17, 15) is 37.8 Å². The van der Waals surface area contributed by atoms with Gasteiger partial charge in [0.15, 0.2) is 0 Å². The summed E-state index contributed by atoms with van der Waals surface area (Å²) in [7, 11) is -18.6. The van der Waals surface area contributed by atoms with Crippen molar-refractivity contribution in [2.75, 3.05) is 0 Å². The Morgan fingerprint density at radius 1 is 0.226 bits per heavy atom. The van der Waals surface area contributed by atoms with Gasteiger partial charge in [-0.3, -0.25) is 0 Å². The number of phosphoric ester groups is 4. The van der Waals surface area contributed by atoms with E-state index in [2.05, 4.69) is 277 Å². The Morgan fingerprint density at radius 3 is 0.549 bits per heavy atom. The minimum atomic E-state index is -4.70. The zero-order valence-corrected chi connectivity index (χ0v) is 97.5. The topological polar surface area (TPSA) is 234 Å². The van der Waals surface area contributed by atoms with Crippen molar-refractivity contribution in [1.29, 1.82) is 0 Å². The van der Waals surface area contributed by atoms with E-state index in [1.807, 2.05) is 104 Å². The van der Waals surface area contributed by atoms with E-state index in [1.165, 1.54) is 44.5 Å². The van der Waals surface area contributed by atoms with E-state index in [4.69, 9.17) is 36.2 Å². The second kappa shape index (κ2) is 43.5. The largest absolute Gasteiger partial charge is 1.00 e. The van der Waals surface area contributed by atoms with Crippen LogP contribution < -0.4 is 153 Å². The molecule has 12 rings (SSSR count). The van der Waals surface area contributed by atoms with Gasteiger partial charge >= 0.3 is 128 Å². The van der Waals surface area contributed by atoms with Crippen LogP contribution in [0.1, 0.15) is 471 Å². The summed E-state index contributed by atoms with van der Waals surface area (Å²) < 4.78 is 97.2. The van der Waals surface area contributed by atoms with Gasteiger partial charge in [0.1, 0.15) is 46.0 Å². The van der Waals surface area contributed by atoms with E-state index < -0.39 is 31.3 Å². The molecule has 16 nitrogen and oxygen atoms in total. The Labute approximate surface area is 870 Å². The fourth-order valence-corrected chi connectivity index (χ4v) is 21.4. The Hall–Kier alpha value is -3.89. The van der Waals surface area contributed by atoms with Gasteiger partial charge in [-0.1, -0.05) is 332 Å². The predicted molar refractivity (Wildman–Crippen MR) is 525 cm³/mol. The second-order valence-electron chi connectivity index (χ2n) is 47.2. The molecule has 0 unspecified atom stereocenters. The van der Waals surface area contributed by atoms with Crippen LogP contribution in [-0.4, -0.2) is 0 Å². The Kier molecular flexibility index (Phi) is 39.1. The van der Waals surface area contributed by atoms with Crippen molar-refractivity contribution in [2.24, 2.45) is 0 Å². The van der Waals surface area contributed by atoms with Crippen LogP contribution in [0.25, 0.3) is 0 Å². The van der Waals surface area contributed by atoms with Gasteiger partial charge in [0.25, 0.3) is 0 Å². The minimum absolute atomic E-state index is 0. The molecule has 0 amide bonds. The molecule has 0 N–H and O–H groups in total. The summed E-state index contributed by atoms with van der Waals surface area (Å²) in [6, 6.07) is 32.3. The van der Waals surface area contributed by atoms with Crippen molar-refractivity contribution >= 4 is 31.3 Å². The number of phosphoric acid groups is 4. The summed E-state index contributed by atoms with van der Waals surface area (Å²) in [4.78, 5) is 52.2. The molecule has 0 saturated heterocycles. The van der Waals surface area contributed by atoms with E-state index >= 15 is 0 Å². The molecule has 0 radical (unpaired) electrons. The van der Waals surface area contributed by atoms with Crippen molar-refractivity contribution < 1.29 is 171 Å². The predicted octanol–water partition coefficient (Wildman–Crippen LogP) is 18.0. The van der Waals surface area contributed by atoms with Crippen molar-refractivity contribution in [3.63, 3.8) is 0 Å². The van der Waals surface area contributed by atoms with Gasteiger partial charge in [0.2, 0.25) is 0 Å². The van der Waals surface area contributed by atoms with Crippen molar-refractivity contribution in [1.82, 2.24) is 0 Å². The Morgan fingerprint density at radius 2 is 0.376 bits per heavy atom. The molecule has 8 aromatic rings. The maximum absolute atomic E-state index is 13.3. The number of hydrogen-bond acceptors (Lipinski definition) is 16. The van der Waals surface area contributed by atoms with Gasteiger partial charge in [-0.2, -0.15) is 0 Å². The molecule has 710 valence electrons. The normalized spacial score (nSPS) is 16.8. The zero-order chi connectivity index (χ0) is 97.8. The van der Waals surface area contributed by atoms with Crippen LogP contribution in [-0.2, 0) is 80.8 Å². The van der Waals surface area contributed by atoms with Gasteiger partial charge in [-0.25, -0.2) is 18.3 Å². The first-order valence-corrected chi connectivity index (χ1v) is 52.5. The molecule has 0 saturated carbocycles. The monoisotopic (exact) mass is 1900 g/mol. The van der Waals surface area contributed by atoms with Crippen molar-refractivity contribution in [3.05, 3.63) is 231 Å². The first-order valence-electron chi connectivity index (χ1n) is 46.6. The summed E-state index contributed by atoms with van der Waals surface area (Å²) in [6.45, 7) is 87.3. The third-order valence-electron chi connectivity index (χ3n) is 25.0. The van der Waals surface area contributed by atoms with E-state index in [0.717, 1.165) is 89.0 Å². The van der Waals surface area contributed by atoms with Crippen LogP contribution in [0.3, 0.4) is 0 Å². The van der Waals surface area contributed by atoms with Crippen molar-refractivity contribution in [3.8, 4) is 46.0 Å². The van der Waals surface area contributed by atoms with Gasteiger partial charge < -0.3 is 55.8 Å². The molecule has 0 aromatic heterocycles. The number of rotatable bonds is 8. The van der Waals surface area contributed by atoms with Gasteiger partial charge in [0, 0.05) is 28.2 Å². The molecule has 0 aliphatic carbocycles. The molecule has 4 aliphatic heterocycles. The number of hydrogen-bond donors (Lipinski definition) is 0. The molecule has 4 aliphatic rings. The smallest absolute Gasteiger partial charge is 0.736 e. The number of fused-ring (bicyclic) bond motifs is 16. The summed E-state index contributed by atoms with van der Waals surface area (Å²) in [5.41, 5.74) is 23.7. The van der Waals surface area contributed by atoms with Gasteiger partial charge in [-0.15, -0.1) is 0 Å². The molecule has 24 heteroatoms. The van der Waals surface area contributed by atoms with Gasteiger partial charge in [0.05, 0.1) is 0 Å².